The maximum Gasteiger partial charge on any atom is 0.272 e. The molecule has 0 fully saturated rings. The molecule has 0 aliphatic heterocycles. The number of hydrogen-bond donors (Lipinski definition) is 0. The van der Waals surface area contributed by atoms with Gasteiger partial charge in [0.15, 0.2) is 0 Å². The summed E-state index contributed by atoms with van der Waals surface area (Å²) >= 11 is 24.9. The second-order valence-corrected chi connectivity index (χ2v) is 15.3. The van der Waals surface area contributed by atoms with Gasteiger partial charge in [-0.05, 0) is 23.3 Å². The summed E-state index contributed by atoms with van der Waals surface area (Å²) in [6.07, 6.45) is 3.69. The minimum absolute atomic E-state index is 0.0599. The highest BCUT2D eigenvalue weighted by atomic mass is 35.5. The Labute approximate surface area is 322 Å². The van der Waals surface area contributed by atoms with E-state index in [9.17, 15) is 20.2 Å². The highest BCUT2D eigenvalue weighted by Gasteiger charge is 2.20. The van der Waals surface area contributed by atoms with Crippen LogP contribution in [0.2, 0.25) is 20.1 Å². The van der Waals surface area contributed by atoms with Crippen molar-refractivity contribution in [2.45, 2.75) is 25.7 Å². The van der Waals surface area contributed by atoms with Crippen LogP contribution in [0.4, 0.5) is 34.1 Å². The van der Waals surface area contributed by atoms with E-state index in [4.69, 9.17) is 46.4 Å². The van der Waals surface area contributed by atoms with Crippen molar-refractivity contribution in [3.8, 4) is 0 Å². The molecule has 0 amide bonds. The van der Waals surface area contributed by atoms with Gasteiger partial charge in [-0.2, -0.15) is 10.2 Å². The molecule has 0 saturated heterocycles. The van der Waals surface area contributed by atoms with Gasteiger partial charge in [0.1, 0.15) is 11.4 Å². The third-order valence-electron chi connectivity index (χ3n) is 8.67. The second-order valence-electron chi connectivity index (χ2n) is 13.7. The number of unbranched alkanes of at least 4 members (excludes halogenated alkanes) is 1. The molecule has 4 rings (SSSR count). The number of likely N-dealkylation sites (N-methyl/N-ethyl adjacent to an activating group) is 2. The van der Waals surface area contributed by atoms with Gasteiger partial charge in [0.05, 0.1) is 95.7 Å². The normalized spacial score (nSPS) is 12.2. The highest BCUT2D eigenvalue weighted by Crippen LogP contribution is 2.39. The minimum Gasteiger partial charge on any atom is -0.328 e. The lowest BCUT2D eigenvalue weighted by atomic mass is 10.1. The van der Waals surface area contributed by atoms with E-state index in [2.05, 4.69) is 48.6 Å². The predicted octanol–water partition coefficient (Wildman–Crippen LogP) is 11.7. The molecule has 16 heteroatoms. The number of benzene rings is 4. The van der Waals surface area contributed by atoms with Crippen molar-refractivity contribution in [2.75, 3.05) is 54.4 Å². The van der Waals surface area contributed by atoms with Crippen molar-refractivity contribution >= 4 is 80.5 Å². The van der Waals surface area contributed by atoms with E-state index < -0.39 is 9.85 Å². The van der Waals surface area contributed by atoms with Gasteiger partial charge in [-0.3, -0.25) is 20.2 Å². The standard InChI is InChI=1S/C36H40Cl4N8O4/c1-47(2,19-15-25-11-5-7-13-33(25)41-43-35-29(37)21-27(45(49)50)22-30(35)38)17-9-10-18-48(3,4)20-16-26-12-6-8-14-34(26)42-44-36-31(39)23-28(46(51)52)24-32(36)40/h5-8,11-14,21-24H,9-10,15-20H2,1-4H3/q+2. The monoisotopic (exact) mass is 788 g/mol. The molecule has 274 valence electrons. The Morgan fingerprint density at radius 1 is 0.538 bits per heavy atom. The largest absolute Gasteiger partial charge is 0.328 e. The van der Waals surface area contributed by atoms with Crippen molar-refractivity contribution in [3.05, 3.63) is 124 Å². The summed E-state index contributed by atoms with van der Waals surface area (Å²) in [5.74, 6) is 0. The number of rotatable bonds is 17. The van der Waals surface area contributed by atoms with Crippen molar-refractivity contribution in [1.29, 1.82) is 0 Å². The maximum absolute atomic E-state index is 11.1. The molecular weight excluding hydrogens is 750 g/mol. The smallest absolute Gasteiger partial charge is 0.272 e. The summed E-state index contributed by atoms with van der Waals surface area (Å²) in [6.45, 7) is 3.81. The van der Waals surface area contributed by atoms with Crippen LogP contribution in [0.3, 0.4) is 0 Å². The molecule has 0 radical (unpaired) electrons. The van der Waals surface area contributed by atoms with E-state index in [1.807, 2.05) is 48.5 Å². The summed E-state index contributed by atoms with van der Waals surface area (Å²) in [5.41, 5.74) is 3.39. The van der Waals surface area contributed by atoms with Crippen LogP contribution in [0.1, 0.15) is 24.0 Å². The molecule has 0 bridgehead atoms. The lowest BCUT2D eigenvalue weighted by Gasteiger charge is -2.32. The molecule has 0 aliphatic carbocycles. The molecular formula is C36H40Cl4N8O4+2. The third-order valence-corrected chi connectivity index (χ3v) is 9.83. The predicted molar refractivity (Wildman–Crippen MR) is 208 cm³/mol. The van der Waals surface area contributed by atoms with E-state index in [0.717, 1.165) is 72.0 Å². The van der Waals surface area contributed by atoms with Crippen LogP contribution >= 0.6 is 46.4 Å². The average Bonchev–Trinajstić information content (AvgIpc) is 3.08. The van der Waals surface area contributed by atoms with Gasteiger partial charge in [0, 0.05) is 49.9 Å². The van der Waals surface area contributed by atoms with Crippen LogP contribution in [-0.2, 0) is 12.8 Å². The first kappa shape index (κ1) is 40.7. The maximum atomic E-state index is 11.1. The molecule has 0 heterocycles. The lowest BCUT2D eigenvalue weighted by Crippen LogP contribution is -2.44. The van der Waals surface area contributed by atoms with Crippen LogP contribution in [0.5, 0.6) is 0 Å². The number of non-ortho nitro benzene ring substituents is 2. The Balaban J connectivity index is 1.28. The van der Waals surface area contributed by atoms with Crippen molar-refractivity contribution in [3.63, 3.8) is 0 Å². The molecule has 0 N–H and O–H groups in total. The molecule has 0 atom stereocenters. The van der Waals surface area contributed by atoms with Crippen LogP contribution < -0.4 is 0 Å². The van der Waals surface area contributed by atoms with E-state index in [-0.39, 0.29) is 42.8 Å². The minimum atomic E-state index is -0.561. The van der Waals surface area contributed by atoms with Gasteiger partial charge in [-0.15, -0.1) is 10.2 Å². The Kier molecular flexibility index (Phi) is 14.2. The van der Waals surface area contributed by atoms with Crippen LogP contribution in [-0.4, -0.2) is 73.2 Å². The van der Waals surface area contributed by atoms with Crippen molar-refractivity contribution < 1.29 is 18.8 Å². The zero-order valence-electron chi connectivity index (χ0n) is 29.3. The van der Waals surface area contributed by atoms with Crippen LogP contribution in [0.15, 0.2) is 93.3 Å². The number of azo groups is 2. The van der Waals surface area contributed by atoms with Gasteiger partial charge in [0.25, 0.3) is 11.4 Å². The number of nitro groups is 2. The number of nitro benzene ring substituents is 2. The number of hydrogen-bond acceptors (Lipinski definition) is 8. The number of quaternary nitrogens is 2. The van der Waals surface area contributed by atoms with Crippen molar-refractivity contribution in [1.82, 2.24) is 0 Å². The Bertz CT molecular complexity index is 1800. The lowest BCUT2D eigenvalue weighted by molar-refractivity contribution is -0.896. The first-order valence-electron chi connectivity index (χ1n) is 16.5. The van der Waals surface area contributed by atoms with Crippen molar-refractivity contribution in [2.24, 2.45) is 20.5 Å². The summed E-state index contributed by atoms with van der Waals surface area (Å²) in [6, 6.07) is 20.3. The third kappa shape index (κ3) is 11.7. The zero-order chi connectivity index (χ0) is 38.1. The van der Waals surface area contributed by atoms with Gasteiger partial charge in [-0.25, -0.2) is 0 Å². The van der Waals surface area contributed by atoms with E-state index >= 15 is 0 Å². The average molecular weight is 791 g/mol. The summed E-state index contributed by atoms with van der Waals surface area (Å²) < 4.78 is 1.67. The molecule has 0 aliphatic rings. The fourth-order valence-corrected chi connectivity index (χ4v) is 6.61. The molecule has 12 nitrogen and oxygen atoms in total. The first-order valence-corrected chi connectivity index (χ1v) is 18.0. The molecule has 0 spiro atoms. The Morgan fingerprint density at radius 3 is 1.19 bits per heavy atom. The molecule has 0 aromatic heterocycles. The fourth-order valence-electron chi connectivity index (χ4n) is 5.50. The van der Waals surface area contributed by atoms with Crippen LogP contribution in [0, 0.1) is 20.2 Å². The Morgan fingerprint density at radius 2 is 0.865 bits per heavy atom. The van der Waals surface area contributed by atoms with Gasteiger partial charge in [-0.1, -0.05) is 82.8 Å². The van der Waals surface area contributed by atoms with E-state index in [1.54, 1.807) is 0 Å². The van der Waals surface area contributed by atoms with Crippen LogP contribution in [0.25, 0.3) is 0 Å². The number of halogens is 4. The molecule has 4 aromatic rings. The fraction of sp³-hybridized carbons (Fsp3) is 0.333. The molecule has 0 unspecified atom stereocenters. The quantitative estimate of drug-likeness (QED) is 0.0346. The summed E-state index contributed by atoms with van der Waals surface area (Å²) in [5, 5.41) is 39.7. The molecule has 4 aromatic carbocycles. The molecule has 52 heavy (non-hydrogen) atoms. The topological polar surface area (TPSA) is 136 Å². The van der Waals surface area contributed by atoms with Gasteiger partial charge in [0.2, 0.25) is 0 Å². The highest BCUT2D eigenvalue weighted by molar-refractivity contribution is 6.39. The SMILES string of the molecule is C[N+](C)(CCCC[N+](C)(C)CCc1ccccc1N=Nc1c(Cl)cc([N+](=O)[O-])cc1Cl)CCc1ccccc1N=Nc1c(Cl)cc([N+](=O)[O-])cc1Cl. The number of nitrogens with zero attached hydrogens (tertiary/aromatic N) is 8. The zero-order valence-corrected chi connectivity index (χ0v) is 32.3. The summed E-state index contributed by atoms with van der Waals surface area (Å²) in [4.78, 5) is 21.1. The van der Waals surface area contributed by atoms with Gasteiger partial charge >= 0.3 is 0 Å². The first-order chi connectivity index (χ1) is 24.5. The van der Waals surface area contributed by atoms with Gasteiger partial charge < -0.3 is 8.97 Å². The Hall–Kier alpha value is -4.04. The molecule has 0 saturated carbocycles. The van der Waals surface area contributed by atoms with E-state index in [1.165, 1.54) is 24.3 Å². The van der Waals surface area contributed by atoms with E-state index in [0.29, 0.717) is 11.4 Å². The summed E-state index contributed by atoms with van der Waals surface area (Å²) in [7, 11) is 8.90. The second kappa shape index (κ2) is 18.1.